The SMILES string of the molecule is CN(C)CC1CC(OCc2ccc(F)cc2)CCC1(O)c1cc(C(F)(F)F)cc(C(F)(F)F)c1. The highest BCUT2D eigenvalue weighted by molar-refractivity contribution is 5.37. The molecule has 0 heterocycles. The number of halogens is 7. The Bertz CT molecular complexity index is 941. The first-order valence-corrected chi connectivity index (χ1v) is 10.7. The van der Waals surface area contributed by atoms with E-state index >= 15 is 0 Å². The Labute approximate surface area is 193 Å². The number of alkyl halides is 6. The van der Waals surface area contributed by atoms with Gasteiger partial charge in [-0.3, -0.25) is 0 Å². The lowest BCUT2D eigenvalue weighted by molar-refractivity contribution is -0.144. The van der Waals surface area contributed by atoms with Crippen molar-refractivity contribution in [2.75, 3.05) is 20.6 Å². The van der Waals surface area contributed by atoms with E-state index in [1.54, 1.807) is 31.1 Å². The van der Waals surface area contributed by atoms with Crippen LogP contribution in [0.1, 0.15) is 41.5 Å². The Morgan fingerprint density at radius 1 is 0.971 bits per heavy atom. The van der Waals surface area contributed by atoms with E-state index in [9.17, 15) is 35.8 Å². The van der Waals surface area contributed by atoms with Crippen molar-refractivity contribution < 1.29 is 40.6 Å². The number of nitrogens with zero attached hydrogens (tertiary/aromatic N) is 1. The van der Waals surface area contributed by atoms with Crippen LogP contribution in [0.4, 0.5) is 30.7 Å². The highest BCUT2D eigenvalue weighted by Gasteiger charge is 2.46. The highest BCUT2D eigenvalue weighted by atomic mass is 19.4. The Hall–Kier alpha value is -2.17. The van der Waals surface area contributed by atoms with Gasteiger partial charge >= 0.3 is 12.4 Å². The maximum absolute atomic E-state index is 13.4. The minimum atomic E-state index is -5.00. The summed E-state index contributed by atoms with van der Waals surface area (Å²) in [5.74, 6) is -1.07. The molecule has 3 atom stereocenters. The fourth-order valence-electron chi connectivity index (χ4n) is 4.41. The molecule has 1 aliphatic carbocycles. The van der Waals surface area contributed by atoms with E-state index in [-0.39, 0.29) is 44.6 Å². The van der Waals surface area contributed by atoms with Gasteiger partial charge in [0.15, 0.2) is 0 Å². The minimum Gasteiger partial charge on any atom is -0.385 e. The molecule has 0 amide bonds. The van der Waals surface area contributed by atoms with Gasteiger partial charge in [0.25, 0.3) is 0 Å². The molecule has 1 fully saturated rings. The molecule has 3 nitrogen and oxygen atoms in total. The standard InChI is InChI=1S/C24H26F7NO2/c1-32(2)13-19-12-21(34-14-15-3-5-20(25)6-4-15)7-8-22(19,33)16-9-17(23(26,27)28)11-18(10-16)24(29,30)31/h3-6,9-11,19,21,33H,7-8,12-14H2,1-2H3. The van der Waals surface area contributed by atoms with Gasteiger partial charge in [0.2, 0.25) is 0 Å². The summed E-state index contributed by atoms with van der Waals surface area (Å²) in [5.41, 5.74) is -4.49. The third-order valence-electron chi connectivity index (χ3n) is 6.14. The van der Waals surface area contributed by atoms with Crippen LogP contribution in [0.15, 0.2) is 42.5 Å². The van der Waals surface area contributed by atoms with E-state index in [2.05, 4.69) is 0 Å². The second kappa shape index (κ2) is 9.83. The number of aliphatic hydroxyl groups is 1. The van der Waals surface area contributed by atoms with E-state index in [0.29, 0.717) is 12.1 Å². The van der Waals surface area contributed by atoms with Crippen molar-refractivity contribution in [1.29, 1.82) is 0 Å². The summed E-state index contributed by atoms with van der Waals surface area (Å²) in [6.07, 6.45) is -9.98. The largest absolute Gasteiger partial charge is 0.416 e. The Balaban J connectivity index is 1.90. The normalized spacial score (nSPS) is 24.0. The average Bonchev–Trinajstić information content (AvgIpc) is 2.73. The zero-order chi connectivity index (χ0) is 25.3. The maximum Gasteiger partial charge on any atom is 0.416 e. The molecule has 0 saturated heterocycles. The second-order valence-electron chi connectivity index (χ2n) is 9.01. The van der Waals surface area contributed by atoms with Gasteiger partial charge < -0.3 is 14.7 Å². The summed E-state index contributed by atoms with van der Waals surface area (Å²) >= 11 is 0. The quantitative estimate of drug-likeness (QED) is 0.502. The van der Waals surface area contributed by atoms with Gasteiger partial charge in [-0.2, -0.15) is 26.3 Å². The van der Waals surface area contributed by atoms with E-state index in [4.69, 9.17) is 4.74 Å². The molecule has 3 unspecified atom stereocenters. The van der Waals surface area contributed by atoms with Gasteiger partial charge in [0, 0.05) is 12.5 Å². The molecule has 0 radical (unpaired) electrons. The molecule has 0 spiro atoms. The van der Waals surface area contributed by atoms with Crippen LogP contribution in [0.5, 0.6) is 0 Å². The van der Waals surface area contributed by atoms with Crippen molar-refractivity contribution in [3.05, 3.63) is 70.5 Å². The van der Waals surface area contributed by atoms with Crippen LogP contribution in [-0.2, 0) is 29.3 Å². The van der Waals surface area contributed by atoms with Crippen LogP contribution in [0.3, 0.4) is 0 Å². The van der Waals surface area contributed by atoms with Gasteiger partial charge in [0.05, 0.1) is 29.4 Å². The predicted molar refractivity (Wildman–Crippen MR) is 111 cm³/mol. The number of rotatable bonds is 6. The minimum absolute atomic E-state index is 0.0608. The van der Waals surface area contributed by atoms with Gasteiger partial charge in [-0.05, 0) is 74.8 Å². The molecule has 0 aromatic heterocycles. The van der Waals surface area contributed by atoms with Gasteiger partial charge in [-0.15, -0.1) is 0 Å². The summed E-state index contributed by atoms with van der Waals surface area (Å²) in [5, 5.41) is 11.5. The fraction of sp³-hybridized carbons (Fsp3) is 0.500. The second-order valence-corrected chi connectivity index (χ2v) is 9.01. The van der Waals surface area contributed by atoms with Gasteiger partial charge in [-0.1, -0.05) is 12.1 Å². The summed E-state index contributed by atoms with van der Waals surface area (Å²) in [7, 11) is 3.41. The lowest BCUT2D eigenvalue weighted by Gasteiger charge is -2.44. The smallest absolute Gasteiger partial charge is 0.385 e. The lowest BCUT2D eigenvalue weighted by Crippen LogP contribution is -2.47. The van der Waals surface area contributed by atoms with Crippen molar-refractivity contribution in [3.8, 4) is 0 Å². The molecule has 2 aromatic rings. The van der Waals surface area contributed by atoms with E-state index < -0.39 is 46.4 Å². The lowest BCUT2D eigenvalue weighted by atomic mass is 9.69. The van der Waals surface area contributed by atoms with Crippen LogP contribution in [0.2, 0.25) is 0 Å². The molecule has 34 heavy (non-hydrogen) atoms. The van der Waals surface area contributed by atoms with Crippen LogP contribution >= 0.6 is 0 Å². The molecule has 10 heteroatoms. The third kappa shape index (κ3) is 6.28. The van der Waals surface area contributed by atoms with Crippen LogP contribution in [-0.4, -0.2) is 36.8 Å². The van der Waals surface area contributed by atoms with Crippen molar-refractivity contribution in [1.82, 2.24) is 4.90 Å². The van der Waals surface area contributed by atoms with Gasteiger partial charge in [-0.25, -0.2) is 4.39 Å². The first kappa shape index (κ1) is 26.4. The summed E-state index contributed by atoms with van der Waals surface area (Å²) < 4.78 is 99.3. The van der Waals surface area contributed by atoms with Crippen molar-refractivity contribution in [2.45, 2.75) is 49.9 Å². The van der Waals surface area contributed by atoms with E-state index in [1.165, 1.54) is 12.1 Å². The zero-order valence-electron chi connectivity index (χ0n) is 18.7. The van der Waals surface area contributed by atoms with Crippen molar-refractivity contribution >= 4 is 0 Å². The molecule has 0 aliphatic heterocycles. The first-order chi connectivity index (χ1) is 15.7. The van der Waals surface area contributed by atoms with Crippen molar-refractivity contribution in [3.63, 3.8) is 0 Å². The number of hydrogen-bond acceptors (Lipinski definition) is 3. The summed E-state index contributed by atoms with van der Waals surface area (Å²) in [6, 6.07) is 6.98. The number of benzene rings is 2. The molecule has 0 bridgehead atoms. The Morgan fingerprint density at radius 3 is 2.03 bits per heavy atom. The summed E-state index contributed by atoms with van der Waals surface area (Å²) in [6.45, 7) is 0.393. The average molecular weight is 493 g/mol. The monoisotopic (exact) mass is 493 g/mol. The molecule has 1 aliphatic rings. The number of hydrogen-bond donors (Lipinski definition) is 1. The van der Waals surface area contributed by atoms with Crippen molar-refractivity contribution in [2.24, 2.45) is 5.92 Å². The van der Waals surface area contributed by atoms with E-state index in [1.807, 2.05) is 0 Å². The molecular weight excluding hydrogens is 467 g/mol. The fourth-order valence-corrected chi connectivity index (χ4v) is 4.41. The zero-order valence-corrected chi connectivity index (χ0v) is 18.7. The Kier molecular flexibility index (Phi) is 7.64. The topological polar surface area (TPSA) is 32.7 Å². The van der Waals surface area contributed by atoms with Crippen LogP contribution in [0.25, 0.3) is 0 Å². The number of ether oxygens (including phenoxy) is 1. The van der Waals surface area contributed by atoms with E-state index in [0.717, 1.165) is 5.56 Å². The van der Waals surface area contributed by atoms with Gasteiger partial charge in [0.1, 0.15) is 5.82 Å². The molecular formula is C24H26F7NO2. The molecule has 1 saturated carbocycles. The Morgan fingerprint density at radius 2 is 1.53 bits per heavy atom. The molecule has 1 N–H and O–H groups in total. The third-order valence-corrected chi connectivity index (χ3v) is 6.14. The molecule has 188 valence electrons. The molecule has 3 rings (SSSR count). The molecule has 2 aromatic carbocycles. The highest BCUT2D eigenvalue weighted by Crippen LogP contribution is 2.46. The maximum atomic E-state index is 13.4. The van der Waals surface area contributed by atoms with Crippen LogP contribution in [0, 0.1) is 11.7 Å². The predicted octanol–water partition coefficient (Wildman–Crippen LogP) is 6.00. The van der Waals surface area contributed by atoms with Crippen LogP contribution < -0.4 is 0 Å². The first-order valence-electron chi connectivity index (χ1n) is 10.7. The summed E-state index contributed by atoms with van der Waals surface area (Å²) in [4.78, 5) is 1.72.